The summed E-state index contributed by atoms with van der Waals surface area (Å²) < 4.78 is 14.4. The topological polar surface area (TPSA) is 92.9 Å². The van der Waals surface area contributed by atoms with Gasteiger partial charge in [-0.1, -0.05) is 0 Å². The van der Waals surface area contributed by atoms with E-state index in [9.17, 15) is 9.18 Å². The molecule has 1 atom stereocenters. The number of aromatic carboxylic acids is 1. The average Bonchev–Trinajstić information content (AvgIpc) is 2.83. The van der Waals surface area contributed by atoms with E-state index in [0.717, 1.165) is 6.20 Å². The molecule has 2 aromatic rings. The second-order valence-corrected chi connectivity index (χ2v) is 4.14. The van der Waals surface area contributed by atoms with Crippen molar-refractivity contribution < 1.29 is 14.3 Å². The van der Waals surface area contributed by atoms with Crippen molar-refractivity contribution in [3.05, 3.63) is 35.7 Å². The summed E-state index contributed by atoms with van der Waals surface area (Å²) in [5.74, 6) is -1.48. The highest BCUT2D eigenvalue weighted by atomic mass is 19.1. The van der Waals surface area contributed by atoms with Crippen LogP contribution in [0.1, 0.15) is 28.8 Å². The van der Waals surface area contributed by atoms with Gasteiger partial charge in [0, 0.05) is 6.54 Å². The Balaban J connectivity index is 2.02. The van der Waals surface area contributed by atoms with Gasteiger partial charge in [-0.2, -0.15) is 4.98 Å². The normalized spacial score (nSPS) is 17.6. The molecule has 2 aromatic heterocycles. The molecule has 0 aromatic carbocycles. The molecule has 0 fully saturated rings. The molecule has 0 bridgehead atoms. The first-order chi connectivity index (χ1) is 9.15. The quantitative estimate of drug-likeness (QED) is 0.836. The first-order valence-corrected chi connectivity index (χ1v) is 5.70. The fourth-order valence-electron chi connectivity index (χ4n) is 2.05. The van der Waals surface area contributed by atoms with E-state index < -0.39 is 11.8 Å². The van der Waals surface area contributed by atoms with Crippen molar-refractivity contribution in [1.29, 1.82) is 0 Å². The molecule has 19 heavy (non-hydrogen) atoms. The van der Waals surface area contributed by atoms with E-state index in [4.69, 9.17) is 5.11 Å². The van der Waals surface area contributed by atoms with E-state index in [1.807, 2.05) is 0 Å². The predicted octanol–water partition coefficient (Wildman–Crippen LogP) is 0.915. The molecule has 7 nitrogen and oxygen atoms in total. The number of aromatic nitrogens is 4. The van der Waals surface area contributed by atoms with Gasteiger partial charge in [0.05, 0.1) is 17.9 Å². The monoisotopic (exact) mass is 263 g/mol. The van der Waals surface area contributed by atoms with Gasteiger partial charge in [0.1, 0.15) is 5.82 Å². The lowest BCUT2D eigenvalue weighted by atomic mass is 10.1. The lowest BCUT2D eigenvalue weighted by Crippen LogP contribution is -2.25. The summed E-state index contributed by atoms with van der Waals surface area (Å²) in [6, 6.07) is 2.65. The molecule has 3 rings (SSSR count). The largest absolute Gasteiger partial charge is 0.475 e. The van der Waals surface area contributed by atoms with Gasteiger partial charge in [-0.05, 0) is 18.6 Å². The summed E-state index contributed by atoms with van der Waals surface area (Å²) in [7, 11) is 0. The van der Waals surface area contributed by atoms with Gasteiger partial charge in [-0.15, -0.1) is 5.10 Å². The smallest absolute Gasteiger partial charge is 0.375 e. The summed E-state index contributed by atoms with van der Waals surface area (Å²) in [6.07, 6.45) is 1.81. The van der Waals surface area contributed by atoms with Crippen LogP contribution in [0.2, 0.25) is 0 Å². The molecule has 0 saturated carbocycles. The third-order valence-corrected chi connectivity index (χ3v) is 2.91. The Morgan fingerprint density at radius 3 is 3.05 bits per heavy atom. The van der Waals surface area contributed by atoms with Crippen LogP contribution in [0.25, 0.3) is 0 Å². The predicted molar refractivity (Wildman–Crippen MR) is 62.4 cm³/mol. The number of halogens is 1. The van der Waals surface area contributed by atoms with E-state index in [1.54, 1.807) is 6.07 Å². The van der Waals surface area contributed by atoms with Gasteiger partial charge >= 0.3 is 5.97 Å². The van der Waals surface area contributed by atoms with Crippen LogP contribution in [0.5, 0.6) is 0 Å². The zero-order chi connectivity index (χ0) is 13.4. The number of nitrogens with one attached hydrogen (secondary N) is 1. The molecule has 0 amide bonds. The van der Waals surface area contributed by atoms with Crippen LogP contribution in [0.15, 0.2) is 18.3 Å². The maximum atomic E-state index is 12.9. The van der Waals surface area contributed by atoms with E-state index in [0.29, 0.717) is 24.6 Å². The molecule has 2 N–H and O–H groups in total. The Labute approximate surface area is 107 Å². The number of hydrogen-bond donors (Lipinski definition) is 2. The number of pyridine rings is 1. The Hall–Kier alpha value is -2.51. The number of hydrogen-bond acceptors (Lipinski definition) is 5. The number of carboxylic acid groups (broad SMARTS) is 1. The van der Waals surface area contributed by atoms with Crippen molar-refractivity contribution in [3.63, 3.8) is 0 Å². The van der Waals surface area contributed by atoms with Gasteiger partial charge in [-0.3, -0.25) is 4.98 Å². The van der Waals surface area contributed by atoms with E-state index in [-0.39, 0.29) is 11.9 Å². The Bertz CT molecular complexity index is 625. The number of nitrogens with zero attached hydrogens (tertiary/aromatic N) is 4. The van der Waals surface area contributed by atoms with Crippen LogP contribution in [0.4, 0.5) is 10.3 Å². The average molecular weight is 263 g/mol. The second-order valence-electron chi connectivity index (χ2n) is 4.14. The lowest BCUT2D eigenvalue weighted by molar-refractivity contribution is 0.0683. The van der Waals surface area contributed by atoms with E-state index in [1.165, 1.54) is 10.7 Å². The van der Waals surface area contributed by atoms with Crippen molar-refractivity contribution in [2.45, 2.75) is 12.5 Å². The van der Waals surface area contributed by atoms with E-state index in [2.05, 4.69) is 20.4 Å². The van der Waals surface area contributed by atoms with Crippen LogP contribution >= 0.6 is 0 Å². The first-order valence-electron chi connectivity index (χ1n) is 5.70. The maximum Gasteiger partial charge on any atom is 0.375 e. The fraction of sp³-hybridized carbons (Fsp3) is 0.273. The van der Waals surface area contributed by atoms with Gasteiger partial charge in [0.15, 0.2) is 0 Å². The van der Waals surface area contributed by atoms with Crippen LogP contribution in [0.3, 0.4) is 0 Å². The second kappa shape index (κ2) is 4.30. The summed E-state index contributed by atoms with van der Waals surface area (Å²) in [4.78, 5) is 18.8. The molecule has 1 unspecified atom stereocenters. The minimum Gasteiger partial charge on any atom is -0.475 e. The minimum absolute atomic E-state index is 0.238. The summed E-state index contributed by atoms with van der Waals surface area (Å²) >= 11 is 0. The molecular weight excluding hydrogens is 253 g/mol. The lowest BCUT2D eigenvalue weighted by Gasteiger charge is -2.23. The zero-order valence-corrected chi connectivity index (χ0v) is 9.75. The Morgan fingerprint density at radius 2 is 2.37 bits per heavy atom. The van der Waals surface area contributed by atoms with Gasteiger partial charge < -0.3 is 10.4 Å². The number of carboxylic acids is 1. The Morgan fingerprint density at radius 1 is 1.53 bits per heavy atom. The minimum atomic E-state index is -1.19. The fourth-order valence-corrected chi connectivity index (χ4v) is 2.05. The highest BCUT2D eigenvalue weighted by molar-refractivity contribution is 5.83. The standard InChI is InChI=1S/C11H10FN5O2/c12-6-1-2-7(14-5-6)8-3-4-13-11-15-9(10(18)19)16-17(8)11/h1-2,5,8H,3-4H2,(H,18,19)(H,13,15,16). The summed E-state index contributed by atoms with van der Waals surface area (Å²) in [6.45, 7) is 0.626. The molecule has 3 heterocycles. The number of anilines is 1. The van der Waals surface area contributed by atoms with Crippen molar-refractivity contribution >= 4 is 11.9 Å². The highest BCUT2D eigenvalue weighted by Crippen LogP contribution is 2.26. The van der Waals surface area contributed by atoms with Crippen molar-refractivity contribution in [2.24, 2.45) is 0 Å². The molecular formula is C11H10FN5O2. The zero-order valence-electron chi connectivity index (χ0n) is 9.75. The van der Waals surface area contributed by atoms with Gasteiger partial charge in [0.25, 0.3) is 5.82 Å². The van der Waals surface area contributed by atoms with Crippen molar-refractivity contribution in [3.8, 4) is 0 Å². The van der Waals surface area contributed by atoms with Crippen molar-refractivity contribution in [2.75, 3.05) is 11.9 Å². The van der Waals surface area contributed by atoms with Crippen LogP contribution in [-0.2, 0) is 0 Å². The van der Waals surface area contributed by atoms with Gasteiger partial charge in [-0.25, -0.2) is 13.9 Å². The summed E-state index contributed by atoms with van der Waals surface area (Å²) in [5, 5.41) is 15.8. The molecule has 0 radical (unpaired) electrons. The third kappa shape index (κ3) is 2.01. The third-order valence-electron chi connectivity index (χ3n) is 2.91. The van der Waals surface area contributed by atoms with E-state index >= 15 is 0 Å². The van der Waals surface area contributed by atoms with Crippen molar-refractivity contribution in [1.82, 2.24) is 19.7 Å². The SMILES string of the molecule is O=C(O)c1nc2n(n1)C(c1ccc(F)cn1)CCN2. The molecule has 98 valence electrons. The molecule has 1 aliphatic rings. The highest BCUT2D eigenvalue weighted by Gasteiger charge is 2.27. The number of carbonyl (C=O) groups is 1. The van der Waals surface area contributed by atoms with Crippen LogP contribution < -0.4 is 5.32 Å². The first kappa shape index (κ1) is 11.6. The molecule has 0 aliphatic carbocycles. The Kier molecular flexibility index (Phi) is 2.62. The molecule has 0 spiro atoms. The molecule has 1 aliphatic heterocycles. The maximum absolute atomic E-state index is 12.9. The number of rotatable bonds is 2. The molecule has 0 saturated heterocycles. The number of fused-ring (bicyclic) bond motifs is 1. The van der Waals surface area contributed by atoms with Crippen LogP contribution in [0, 0.1) is 5.82 Å². The van der Waals surface area contributed by atoms with Crippen LogP contribution in [-0.4, -0.2) is 37.4 Å². The van der Waals surface area contributed by atoms with Gasteiger partial charge in [0.2, 0.25) is 5.95 Å². The summed E-state index contributed by atoms with van der Waals surface area (Å²) in [5.41, 5.74) is 0.631. The molecule has 8 heteroatoms.